The normalized spacial score (nSPS) is 25.5. The minimum Gasteiger partial charge on any atom is -0.396 e. The Morgan fingerprint density at radius 1 is 1.25 bits per heavy atom. The number of aromatic nitrogens is 4. The summed E-state index contributed by atoms with van der Waals surface area (Å²) >= 11 is 0. The second-order valence-corrected chi connectivity index (χ2v) is 7.85. The van der Waals surface area contributed by atoms with Gasteiger partial charge in [0.05, 0.1) is 12.9 Å². The third-order valence-electron chi connectivity index (χ3n) is 4.14. The van der Waals surface area contributed by atoms with Gasteiger partial charge < -0.3 is 39.9 Å². The van der Waals surface area contributed by atoms with Crippen molar-refractivity contribution < 1.29 is 39.1 Å². The van der Waals surface area contributed by atoms with Crippen molar-refractivity contribution in [3.8, 4) is 0 Å². The highest BCUT2D eigenvalue weighted by Gasteiger charge is 2.44. The summed E-state index contributed by atoms with van der Waals surface area (Å²) in [6.07, 6.45) is -2.28. The summed E-state index contributed by atoms with van der Waals surface area (Å²) in [5.74, 6) is 0.451. The van der Waals surface area contributed by atoms with Crippen molar-refractivity contribution in [2.24, 2.45) is 0 Å². The fourth-order valence-electron chi connectivity index (χ4n) is 2.84. The van der Waals surface area contributed by atoms with Crippen molar-refractivity contribution in [1.29, 1.82) is 0 Å². The maximum absolute atomic E-state index is 10.8. The molecule has 2 aromatic heterocycles. The van der Waals surface area contributed by atoms with Crippen LogP contribution in [0.15, 0.2) is 12.7 Å². The van der Waals surface area contributed by atoms with E-state index >= 15 is 0 Å². The second kappa shape index (κ2) is 8.76. The van der Waals surface area contributed by atoms with Crippen LogP contribution in [-0.2, 0) is 14.0 Å². The van der Waals surface area contributed by atoms with E-state index in [1.807, 2.05) is 0 Å². The van der Waals surface area contributed by atoms with Crippen molar-refractivity contribution in [1.82, 2.24) is 19.5 Å². The molecule has 0 aromatic carbocycles. The monoisotopic (exact) mass is 419 g/mol. The predicted octanol–water partition coefficient (Wildman–Crippen LogP) is -1.61. The number of fused-ring (bicyclic) bond motifs is 1. The molecule has 0 radical (unpaired) electrons. The van der Waals surface area contributed by atoms with Gasteiger partial charge in [0.2, 0.25) is 0 Å². The van der Waals surface area contributed by atoms with Gasteiger partial charge in [-0.15, -0.1) is 0 Å². The van der Waals surface area contributed by atoms with E-state index in [0.717, 1.165) is 0 Å². The van der Waals surface area contributed by atoms with Crippen LogP contribution in [-0.4, -0.2) is 89.0 Å². The lowest BCUT2D eigenvalue weighted by Gasteiger charge is -2.16. The standard InChI is InChI=1S/C14H22N5O8P/c20-3-1-2-15-12-9-13(17-5-16-12)19(6-18-9)14-11(22)10(21)8(27-14)4-26-7-28(23,24)25/h5-6,8,10-11,14,20-22H,1-4,7H2,(H,15,16,17)(H2,23,24,25)/t8-,10-,11-,14-/m1/s1. The van der Waals surface area contributed by atoms with E-state index in [1.165, 1.54) is 17.2 Å². The molecule has 0 spiro atoms. The first kappa shape index (κ1) is 21.0. The lowest BCUT2D eigenvalue weighted by Crippen LogP contribution is -2.33. The molecule has 0 saturated carbocycles. The Balaban J connectivity index is 1.75. The van der Waals surface area contributed by atoms with Crippen LogP contribution in [0.3, 0.4) is 0 Å². The van der Waals surface area contributed by atoms with E-state index in [1.54, 1.807) is 0 Å². The van der Waals surface area contributed by atoms with E-state index < -0.39 is 38.5 Å². The molecule has 0 bridgehead atoms. The van der Waals surface area contributed by atoms with Gasteiger partial charge >= 0.3 is 7.60 Å². The highest BCUT2D eigenvalue weighted by atomic mass is 31.2. The number of anilines is 1. The van der Waals surface area contributed by atoms with Gasteiger partial charge in [-0.25, -0.2) is 15.0 Å². The van der Waals surface area contributed by atoms with Crippen LogP contribution in [0.25, 0.3) is 11.2 Å². The summed E-state index contributed by atoms with van der Waals surface area (Å²) in [7, 11) is -4.35. The molecule has 3 heterocycles. The van der Waals surface area contributed by atoms with E-state index in [-0.39, 0.29) is 13.2 Å². The molecule has 0 amide bonds. The molecule has 3 rings (SSSR count). The van der Waals surface area contributed by atoms with Gasteiger partial charge in [-0.3, -0.25) is 9.13 Å². The number of aliphatic hydroxyl groups excluding tert-OH is 3. The van der Waals surface area contributed by atoms with Gasteiger partial charge in [0, 0.05) is 13.2 Å². The third kappa shape index (κ3) is 4.64. The first-order valence-electron chi connectivity index (χ1n) is 8.48. The maximum atomic E-state index is 10.8. The van der Waals surface area contributed by atoms with Gasteiger partial charge in [-0.1, -0.05) is 0 Å². The maximum Gasteiger partial charge on any atom is 0.350 e. The SMILES string of the molecule is O=P(O)(O)COC[C@H]1O[C@@H](n2cnc3c(NCCCO)ncnc32)[C@H](O)[C@@H]1O. The van der Waals surface area contributed by atoms with Crippen molar-refractivity contribution in [2.75, 3.05) is 31.4 Å². The zero-order valence-corrected chi connectivity index (χ0v) is 15.6. The number of rotatable bonds is 9. The molecule has 0 aliphatic carbocycles. The summed E-state index contributed by atoms with van der Waals surface area (Å²) in [6.45, 7) is 0.201. The second-order valence-electron chi connectivity index (χ2n) is 6.26. The van der Waals surface area contributed by atoms with Gasteiger partial charge in [0.1, 0.15) is 31.0 Å². The average Bonchev–Trinajstić information content (AvgIpc) is 3.18. The van der Waals surface area contributed by atoms with Crippen molar-refractivity contribution in [2.45, 2.75) is 31.0 Å². The molecule has 6 N–H and O–H groups in total. The quantitative estimate of drug-likeness (QED) is 0.202. The molecule has 1 saturated heterocycles. The average molecular weight is 419 g/mol. The molecule has 1 fully saturated rings. The van der Waals surface area contributed by atoms with Crippen molar-refractivity contribution in [3.05, 3.63) is 12.7 Å². The smallest absolute Gasteiger partial charge is 0.350 e. The lowest BCUT2D eigenvalue weighted by molar-refractivity contribution is -0.0612. The summed E-state index contributed by atoms with van der Waals surface area (Å²) in [5.41, 5.74) is 0.779. The van der Waals surface area contributed by atoms with Crippen LogP contribution in [0.4, 0.5) is 5.82 Å². The number of nitrogens with one attached hydrogen (secondary N) is 1. The summed E-state index contributed by atoms with van der Waals surface area (Å²) in [4.78, 5) is 30.1. The summed E-state index contributed by atoms with van der Waals surface area (Å²) in [5, 5.41) is 32.4. The highest BCUT2D eigenvalue weighted by Crippen LogP contribution is 2.36. The molecule has 4 atom stereocenters. The van der Waals surface area contributed by atoms with Crippen LogP contribution in [0.5, 0.6) is 0 Å². The Morgan fingerprint density at radius 2 is 2.04 bits per heavy atom. The number of hydrogen-bond acceptors (Lipinski definition) is 10. The first-order valence-corrected chi connectivity index (χ1v) is 10.3. The van der Waals surface area contributed by atoms with E-state index in [0.29, 0.717) is 29.9 Å². The van der Waals surface area contributed by atoms with Gasteiger partial charge in [-0.05, 0) is 6.42 Å². The van der Waals surface area contributed by atoms with Crippen LogP contribution < -0.4 is 5.32 Å². The minimum atomic E-state index is -4.35. The third-order valence-corrected chi connectivity index (χ3v) is 4.66. The Morgan fingerprint density at radius 3 is 2.75 bits per heavy atom. The Hall–Kier alpha value is -1.70. The Labute approximate surface area is 159 Å². The first-order chi connectivity index (χ1) is 13.3. The predicted molar refractivity (Wildman–Crippen MR) is 94.3 cm³/mol. The highest BCUT2D eigenvalue weighted by molar-refractivity contribution is 7.51. The number of ether oxygens (including phenoxy) is 2. The Bertz CT molecular complexity index is 844. The zero-order valence-electron chi connectivity index (χ0n) is 14.7. The van der Waals surface area contributed by atoms with Gasteiger partial charge in [0.15, 0.2) is 23.2 Å². The molecule has 156 valence electrons. The topological polar surface area (TPSA) is 192 Å². The number of hydrogen-bond donors (Lipinski definition) is 6. The van der Waals surface area contributed by atoms with Crippen LogP contribution in [0.2, 0.25) is 0 Å². The molecule has 13 nitrogen and oxygen atoms in total. The van der Waals surface area contributed by atoms with Gasteiger partial charge in [-0.2, -0.15) is 0 Å². The van der Waals surface area contributed by atoms with Crippen LogP contribution >= 0.6 is 7.60 Å². The van der Waals surface area contributed by atoms with E-state index in [4.69, 9.17) is 24.4 Å². The van der Waals surface area contributed by atoms with E-state index in [9.17, 15) is 14.8 Å². The fourth-order valence-corrected chi connectivity index (χ4v) is 3.18. The number of imidazole rings is 1. The summed E-state index contributed by atoms with van der Waals surface area (Å²) < 4.78 is 22.8. The van der Waals surface area contributed by atoms with Gasteiger partial charge in [0.25, 0.3) is 0 Å². The summed E-state index contributed by atoms with van der Waals surface area (Å²) in [6, 6.07) is 0. The fraction of sp³-hybridized carbons (Fsp3) is 0.643. The number of aliphatic hydroxyl groups is 3. The molecule has 1 aliphatic rings. The molecule has 0 unspecified atom stereocenters. The van der Waals surface area contributed by atoms with Crippen LogP contribution in [0.1, 0.15) is 12.6 Å². The lowest BCUT2D eigenvalue weighted by atomic mass is 10.1. The Kier molecular flexibility index (Phi) is 6.58. The molecule has 28 heavy (non-hydrogen) atoms. The van der Waals surface area contributed by atoms with Crippen LogP contribution in [0, 0.1) is 0 Å². The largest absolute Gasteiger partial charge is 0.396 e. The molecular formula is C14H22N5O8P. The van der Waals surface area contributed by atoms with Crippen molar-refractivity contribution in [3.63, 3.8) is 0 Å². The zero-order chi connectivity index (χ0) is 20.3. The molecule has 1 aliphatic heterocycles. The minimum absolute atomic E-state index is 0.0289. The number of nitrogens with zero attached hydrogens (tertiary/aromatic N) is 4. The van der Waals surface area contributed by atoms with Crippen molar-refractivity contribution >= 4 is 24.6 Å². The molecular weight excluding hydrogens is 397 g/mol. The molecule has 2 aromatic rings. The van der Waals surface area contributed by atoms with E-state index in [2.05, 4.69) is 20.3 Å². The molecule has 14 heteroatoms.